The van der Waals surface area contributed by atoms with Crippen molar-refractivity contribution >= 4 is 94.5 Å². The van der Waals surface area contributed by atoms with E-state index >= 15 is 24.0 Å². The molecule has 686 valence electrons. The summed E-state index contributed by atoms with van der Waals surface area (Å²) in [5.74, 6) is -15.9. The fraction of sp³-hybridized carbons (Fsp3) is 0.417. The molecule has 3 saturated heterocycles. The number of hydrogen-bond acceptors (Lipinski definition) is 29. The van der Waals surface area contributed by atoms with Crippen molar-refractivity contribution in [3.8, 4) is 62.9 Å². The Morgan fingerprint density at radius 2 is 1.35 bits per heavy atom. The van der Waals surface area contributed by atoms with E-state index in [1.165, 1.54) is 37.1 Å². The zero-order chi connectivity index (χ0) is 92.6. The predicted octanol–water partition coefficient (Wildman–Crippen LogP) is 0.322. The molecule has 13 amide bonds. The highest BCUT2D eigenvalue weighted by molar-refractivity contribution is 6.32. The number of aliphatic hydroxyl groups excluding tert-OH is 6. The van der Waals surface area contributed by atoms with Crippen LogP contribution in [-0.2, 0) is 57.4 Å². The molecule has 3 fully saturated rings. The van der Waals surface area contributed by atoms with Gasteiger partial charge in [-0.1, -0.05) is 67.4 Å². The van der Waals surface area contributed by atoms with E-state index in [0.29, 0.717) is 18.8 Å². The molecule has 0 aromatic heterocycles. The number of likely N-dealkylation sites (N-methyl/N-ethyl adjacent to an activating group) is 1. The molecule has 14 rings (SSSR count). The number of benzene rings is 6. The highest BCUT2D eigenvalue weighted by Gasteiger charge is 2.53. The molecule has 0 aliphatic carbocycles. The Labute approximate surface area is 740 Å². The summed E-state index contributed by atoms with van der Waals surface area (Å²) in [4.78, 5) is 160. The maximum atomic E-state index is 16.3. The summed E-state index contributed by atoms with van der Waals surface area (Å²) in [5.41, 5.74) is 11.3. The SMILES string of the molecule is CCOc1ccc(C=CC(=O)NC2CCN(CCNC3(C)CC(OC4C(Oc5c6cc7cc5Oc5ccc(cc5Cl)C(O)C5NC(=O)C(NC(=O)C7NC(=O)C(CC(N)=O)NC(=O)C(NC(=O)C(CC(C)C)NC)C(O)c7ccc(c(Cl)c7)O6)c6ccc(O)c(c6)-c6c(O)cc(O)cc6C(C(=O)NNC(N)=O)NC5=O)OC(CO)C(O)C4O)OC(C)C3O)C(=O)N2)cc1. The van der Waals surface area contributed by atoms with Crippen molar-refractivity contribution in [2.75, 3.05) is 39.9 Å². The molecule has 19 atom stereocenters. The van der Waals surface area contributed by atoms with Gasteiger partial charge in [-0.15, -0.1) is 0 Å². The Balaban J connectivity index is 0.971. The number of phenolic OH excluding ortho intramolecular Hbond substituents is 3. The number of aromatic hydroxyl groups is 3. The van der Waals surface area contributed by atoms with Crippen LogP contribution in [-0.4, -0.2) is 241 Å². The van der Waals surface area contributed by atoms with Crippen molar-refractivity contribution in [3.63, 3.8) is 0 Å². The van der Waals surface area contributed by atoms with E-state index in [2.05, 4.69) is 53.2 Å². The topological polar surface area (TPSA) is 634 Å². The minimum atomic E-state index is -2.41. The third-order valence-corrected chi connectivity index (χ3v) is 22.8. The Kier molecular flexibility index (Phi) is 30.1. The van der Waals surface area contributed by atoms with Crippen LogP contribution in [0.2, 0.25) is 10.0 Å². The van der Waals surface area contributed by atoms with Crippen LogP contribution in [0, 0.1) is 5.92 Å². The molecule has 8 heterocycles. The fourth-order valence-corrected chi connectivity index (χ4v) is 16.0. The van der Waals surface area contributed by atoms with Gasteiger partial charge in [0, 0.05) is 61.3 Å². The number of nitrogens with zero attached hydrogens (tertiary/aromatic N) is 1. The first-order valence-corrected chi connectivity index (χ1v) is 41.4. The highest BCUT2D eigenvalue weighted by atomic mass is 35.5. The summed E-state index contributed by atoms with van der Waals surface area (Å²) >= 11 is 14.4. The van der Waals surface area contributed by atoms with Gasteiger partial charge in [0.15, 0.2) is 23.9 Å². The van der Waals surface area contributed by atoms with Gasteiger partial charge in [0.05, 0.1) is 47.9 Å². The van der Waals surface area contributed by atoms with Crippen LogP contribution in [0.3, 0.4) is 0 Å². The first kappa shape index (κ1) is 94.7. The highest BCUT2D eigenvalue weighted by Crippen LogP contribution is 2.50. The lowest BCUT2D eigenvalue weighted by atomic mass is 9.85. The summed E-state index contributed by atoms with van der Waals surface area (Å²) in [6, 6.07) is 4.15. The largest absolute Gasteiger partial charge is 0.508 e. The summed E-state index contributed by atoms with van der Waals surface area (Å²) in [5, 5.41) is 132. The van der Waals surface area contributed by atoms with E-state index in [9.17, 15) is 74.7 Å². The maximum absolute atomic E-state index is 16.3. The van der Waals surface area contributed by atoms with Gasteiger partial charge in [0.25, 0.3) is 5.91 Å². The third kappa shape index (κ3) is 21.9. The first-order chi connectivity index (χ1) is 60.8. The average molecular weight is 1820 g/mol. The third-order valence-electron chi connectivity index (χ3n) is 22.2. The summed E-state index contributed by atoms with van der Waals surface area (Å²) in [6.07, 6.45) is -17.0. The van der Waals surface area contributed by atoms with E-state index in [1.807, 2.05) is 31.6 Å². The quantitative estimate of drug-likeness (QED) is 0.0321. The molecule has 8 aliphatic heterocycles. The molecule has 6 aromatic rings. The Morgan fingerprint density at radius 3 is 1.98 bits per heavy atom. The zero-order valence-electron chi connectivity index (χ0n) is 69.5. The lowest BCUT2D eigenvalue weighted by molar-refractivity contribution is -0.334. The van der Waals surface area contributed by atoms with E-state index in [-0.39, 0.29) is 55.3 Å². The van der Waals surface area contributed by atoms with Gasteiger partial charge in [-0.3, -0.25) is 48.6 Å². The molecule has 19 unspecified atom stereocenters. The van der Waals surface area contributed by atoms with Crippen LogP contribution >= 0.6 is 23.2 Å². The number of rotatable bonds is 22. The molecule has 11 bridgehead atoms. The van der Waals surface area contributed by atoms with Gasteiger partial charge in [-0.25, -0.2) is 15.0 Å². The van der Waals surface area contributed by atoms with Crippen molar-refractivity contribution in [1.29, 1.82) is 0 Å². The van der Waals surface area contributed by atoms with Gasteiger partial charge in [0.1, 0.15) is 107 Å². The minimum absolute atomic E-state index is 0.0388. The number of amides is 13. The summed E-state index contributed by atoms with van der Waals surface area (Å²) < 4.78 is 44.9. The van der Waals surface area contributed by atoms with Gasteiger partial charge in [-0.05, 0) is 146 Å². The van der Waals surface area contributed by atoms with Crippen molar-refractivity contribution in [3.05, 3.63) is 153 Å². The number of urea groups is 2. The maximum Gasteiger partial charge on any atom is 0.330 e. The lowest BCUT2D eigenvalue weighted by Crippen LogP contribution is -2.66. The lowest BCUT2D eigenvalue weighted by Gasteiger charge is -2.48. The number of hydrazine groups is 1. The van der Waals surface area contributed by atoms with Crippen LogP contribution in [0.4, 0.5) is 9.59 Å². The number of phenols is 3. The monoisotopic (exact) mass is 1820 g/mol. The standard InChI is InChI=1S/C84H99Cl2N15O27/c1-7-122-43-14-8-37(9-15-43)10-19-59(107)92-58-20-22-101(83(121)93-58)23-21-90-84(5)33-60(123-36(4)73(84)112)127-72-70(111)69(110)56(34-102)126-81(72)128-71-54-28-41-29-55(71)125-53-18-13-40(27-47(53)86)68(109)66-79(118)96-64(80(119)99-100-82(88)120)45-30-42(103)31-51(105)61(45)44-25-38(11-16-50(44)104)62(76(115)98-66)95-77(116)63(41)94-75(114)49(32-57(87)106)91-78(117)65(97-74(113)48(89-6)24-35(2)3)67(108)39-12-17-52(124-54)46(85)26-39/h8-19,25-31,35-36,48-49,56,58,60,62-70,72-73,81,89-90,102-105,108-112H,7,20-24,32-34H2,1-6H3,(H2,87,106)(H,91,117)(H,92,107)(H,93,121)(H,94,114)(H,95,116)(H,96,118)(H,97,113)(H,98,115)(H,99,119)(H3,88,100,120). The number of halogens is 2. The number of aliphatic hydroxyl groups is 6. The molecular weight excluding hydrogens is 1720 g/mol. The number of ether oxygens (including phenoxy) is 7. The predicted molar refractivity (Wildman–Crippen MR) is 450 cm³/mol. The Morgan fingerprint density at radius 1 is 0.703 bits per heavy atom. The second kappa shape index (κ2) is 40.7. The normalized spacial score (nSPS) is 26.9. The van der Waals surface area contributed by atoms with Crippen molar-refractivity contribution in [2.45, 2.75) is 176 Å². The number of primary amides is 2. The Bertz CT molecular complexity index is 5250. The second-order valence-corrected chi connectivity index (χ2v) is 32.6. The smallest absolute Gasteiger partial charge is 0.330 e. The molecule has 42 nitrogen and oxygen atoms in total. The second-order valence-electron chi connectivity index (χ2n) is 31.8. The van der Waals surface area contributed by atoms with Crippen molar-refractivity contribution in [1.82, 2.24) is 68.9 Å². The van der Waals surface area contributed by atoms with Gasteiger partial charge < -0.3 is 149 Å². The van der Waals surface area contributed by atoms with E-state index in [4.69, 9.17) is 67.8 Å². The zero-order valence-corrected chi connectivity index (χ0v) is 71.0. The van der Waals surface area contributed by atoms with Crippen LogP contribution in [0.15, 0.2) is 109 Å². The molecule has 25 N–H and O–H groups in total. The molecule has 0 radical (unpaired) electrons. The summed E-state index contributed by atoms with van der Waals surface area (Å²) in [7, 11) is 1.46. The number of carbonyl (C=O) groups excluding carboxylic acids is 11. The van der Waals surface area contributed by atoms with Gasteiger partial charge in [-0.2, -0.15) is 0 Å². The molecule has 44 heteroatoms. The van der Waals surface area contributed by atoms with Crippen LogP contribution in [0.5, 0.6) is 51.7 Å². The molecule has 128 heavy (non-hydrogen) atoms. The fourth-order valence-electron chi connectivity index (χ4n) is 15.6. The van der Waals surface area contributed by atoms with E-state index < -0.39 is 272 Å². The number of nitrogens with one attached hydrogen (secondary N) is 12. The number of nitrogens with two attached hydrogens (primary N) is 2. The molecular formula is C84H99Cl2N15O27. The number of carbonyl (C=O) groups is 11. The van der Waals surface area contributed by atoms with Crippen LogP contribution in [0.25, 0.3) is 17.2 Å². The molecule has 0 saturated carbocycles. The molecule has 0 spiro atoms. The van der Waals surface area contributed by atoms with Crippen LogP contribution < -0.4 is 94.4 Å². The van der Waals surface area contributed by atoms with Crippen molar-refractivity contribution < 1.29 is 132 Å². The van der Waals surface area contributed by atoms with Gasteiger partial charge >= 0.3 is 12.1 Å². The Hall–Kier alpha value is -12.4. The summed E-state index contributed by atoms with van der Waals surface area (Å²) in [6.45, 7) is 8.37. The van der Waals surface area contributed by atoms with E-state index in [1.54, 1.807) is 37.3 Å². The average Bonchev–Trinajstić information content (AvgIpc) is 0.761. The van der Waals surface area contributed by atoms with Gasteiger partial charge in [0.2, 0.25) is 59.3 Å². The molecule has 6 aromatic carbocycles. The first-order valence-electron chi connectivity index (χ1n) is 40.6. The number of fused-ring (bicyclic) bond motifs is 15. The molecule has 8 aliphatic rings. The minimum Gasteiger partial charge on any atom is -0.508 e. The number of hydrogen-bond donors (Lipinski definition) is 23. The van der Waals surface area contributed by atoms with E-state index in [0.717, 1.165) is 72.3 Å². The van der Waals surface area contributed by atoms with Crippen LogP contribution in [0.1, 0.15) is 124 Å². The van der Waals surface area contributed by atoms with Crippen molar-refractivity contribution in [2.24, 2.45) is 17.4 Å².